The van der Waals surface area contributed by atoms with E-state index in [0.717, 1.165) is 0 Å². The van der Waals surface area contributed by atoms with Crippen LogP contribution in [0.4, 0.5) is 4.39 Å². The number of methoxy groups -OCH3 is 1. The van der Waals surface area contributed by atoms with Gasteiger partial charge in [0.1, 0.15) is 23.7 Å². The van der Waals surface area contributed by atoms with Crippen LogP contribution in [-0.4, -0.2) is 7.11 Å². The Kier molecular flexibility index (Phi) is 4.51. The second-order valence-electron chi connectivity index (χ2n) is 3.18. The van der Waals surface area contributed by atoms with Gasteiger partial charge in [0.25, 0.3) is 0 Å². The molecule has 0 aromatic heterocycles. The molecular formula is C12H8ClFN2O. The van der Waals surface area contributed by atoms with E-state index in [1.165, 1.54) is 19.2 Å². The predicted molar refractivity (Wildman–Crippen MR) is 60.4 cm³/mol. The quantitative estimate of drug-likeness (QED) is 0.612. The van der Waals surface area contributed by atoms with Crippen LogP contribution in [-0.2, 0) is 11.2 Å². The molecule has 0 aliphatic rings. The minimum absolute atomic E-state index is 0.132. The van der Waals surface area contributed by atoms with Crippen LogP contribution in [0.3, 0.4) is 0 Å². The first kappa shape index (κ1) is 13.0. The molecule has 3 nitrogen and oxygen atoms in total. The molecule has 0 N–H and O–H groups in total. The third-order valence-corrected chi connectivity index (χ3v) is 2.25. The third kappa shape index (κ3) is 3.48. The van der Waals surface area contributed by atoms with E-state index >= 15 is 0 Å². The molecule has 0 fully saturated rings. The summed E-state index contributed by atoms with van der Waals surface area (Å²) in [5.41, 5.74) is 0.405. The van der Waals surface area contributed by atoms with Crippen LogP contribution in [0.25, 0.3) is 0 Å². The molecule has 5 heteroatoms. The molecule has 0 spiro atoms. The average Bonchev–Trinajstić information content (AvgIpc) is 2.27. The van der Waals surface area contributed by atoms with Crippen molar-refractivity contribution in [3.63, 3.8) is 0 Å². The Hall–Kier alpha value is -2.04. The van der Waals surface area contributed by atoms with Crippen LogP contribution in [0.1, 0.15) is 5.56 Å². The highest BCUT2D eigenvalue weighted by molar-refractivity contribution is 6.30. The summed E-state index contributed by atoms with van der Waals surface area (Å²) in [6, 6.07) is 7.44. The van der Waals surface area contributed by atoms with Gasteiger partial charge in [-0.2, -0.15) is 10.5 Å². The molecule has 0 bridgehead atoms. The van der Waals surface area contributed by atoms with E-state index in [4.69, 9.17) is 26.9 Å². The number of nitriles is 2. The highest BCUT2D eigenvalue weighted by Gasteiger charge is 2.09. The number of halogens is 2. The number of allylic oxidation sites excluding steroid dienone is 2. The van der Waals surface area contributed by atoms with Gasteiger partial charge in [0, 0.05) is 11.4 Å². The number of ether oxygens (including phenoxy) is 1. The first-order valence-corrected chi connectivity index (χ1v) is 5.00. The van der Waals surface area contributed by atoms with Crippen molar-refractivity contribution in [2.45, 2.75) is 6.42 Å². The van der Waals surface area contributed by atoms with Gasteiger partial charge in [-0.15, -0.1) is 0 Å². The Morgan fingerprint density at radius 2 is 2.00 bits per heavy atom. The largest absolute Gasteiger partial charge is 0.499 e. The van der Waals surface area contributed by atoms with Gasteiger partial charge in [0.2, 0.25) is 0 Å². The van der Waals surface area contributed by atoms with Crippen LogP contribution in [0.15, 0.2) is 29.5 Å². The standard InChI is InChI=1S/C12H8ClFN2O/c1-17-12(9(6-15)7-16)4-8-2-10(13)5-11(14)3-8/h2-3,5H,4H2,1H3. The summed E-state index contributed by atoms with van der Waals surface area (Å²) in [6.45, 7) is 0. The summed E-state index contributed by atoms with van der Waals surface area (Å²) < 4.78 is 18.0. The van der Waals surface area contributed by atoms with Crippen molar-refractivity contribution in [2.24, 2.45) is 0 Å². The fourth-order valence-electron chi connectivity index (χ4n) is 1.31. The molecule has 0 aliphatic carbocycles. The van der Waals surface area contributed by atoms with Crippen molar-refractivity contribution in [2.75, 3.05) is 7.11 Å². The van der Waals surface area contributed by atoms with Crippen LogP contribution in [0, 0.1) is 28.5 Å². The molecule has 0 aliphatic heterocycles. The molecule has 0 amide bonds. The fraction of sp³-hybridized carbons (Fsp3) is 0.167. The second-order valence-corrected chi connectivity index (χ2v) is 3.62. The summed E-state index contributed by atoms with van der Waals surface area (Å²) >= 11 is 5.70. The molecule has 17 heavy (non-hydrogen) atoms. The molecule has 1 aromatic rings. The Bertz CT molecular complexity index is 504. The normalized spacial score (nSPS) is 9.00. The van der Waals surface area contributed by atoms with E-state index in [0.29, 0.717) is 5.56 Å². The van der Waals surface area contributed by atoms with Gasteiger partial charge in [-0.25, -0.2) is 4.39 Å². The number of rotatable bonds is 3. The van der Waals surface area contributed by atoms with Gasteiger partial charge in [-0.3, -0.25) is 0 Å². The minimum atomic E-state index is -0.474. The highest BCUT2D eigenvalue weighted by atomic mass is 35.5. The van der Waals surface area contributed by atoms with Gasteiger partial charge in [-0.05, 0) is 23.8 Å². The molecular weight excluding hydrogens is 243 g/mol. The Balaban J connectivity index is 3.09. The van der Waals surface area contributed by atoms with Gasteiger partial charge in [-0.1, -0.05) is 11.6 Å². The Morgan fingerprint density at radius 3 is 2.47 bits per heavy atom. The van der Waals surface area contributed by atoms with Crippen molar-refractivity contribution < 1.29 is 9.13 Å². The lowest BCUT2D eigenvalue weighted by Crippen LogP contribution is -1.98. The number of nitrogens with zero attached hydrogens (tertiary/aromatic N) is 2. The number of hydrogen-bond acceptors (Lipinski definition) is 3. The van der Waals surface area contributed by atoms with Crippen molar-refractivity contribution >= 4 is 11.6 Å². The lowest BCUT2D eigenvalue weighted by molar-refractivity contribution is 0.281. The summed E-state index contributed by atoms with van der Waals surface area (Å²) in [4.78, 5) is 0. The van der Waals surface area contributed by atoms with Crippen molar-refractivity contribution in [3.05, 3.63) is 45.9 Å². The first-order chi connectivity index (χ1) is 8.10. The molecule has 0 unspecified atom stereocenters. The van der Waals surface area contributed by atoms with Crippen molar-refractivity contribution in [1.82, 2.24) is 0 Å². The summed E-state index contributed by atoms with van der Waals surface area (Å²) in [7, 11) is 1.35. The molecule has 1 rings (SSSR count). The fourth-order valence-corrected chi connectivity index (χ4v) is 1.56. The molecule has 86 valence electrons. The molecule has 0 heterocycles. The van der Waals surface area contributed by atoms with Gasteiger partial charge >= 0.3 is 0 Å². The first-order valence-electron chi connectivity index (χ1n) is 4.63. The summed E-state index contributed by atoms with van der Waals surface area (Å²) in [5.74, 6) is -0.282. The predicted octanol–water partition coefficient (Wildman–Crippen LogP) is 2.97. The molecule has 0 saturated carbocycles. The van der Waals surface area contributed by atoms with Gasteiger partial charge in [0.15, 0.2) is 5.57 Å². The van der Waals surface area contributed by atoms with Gasteiger partial charge < -0.3 is 4.74 Å². The molecule has 1 aromatic carbocycles. The van der Waals surface area contributed by atoms with Crippen molar-refractivity contribution in [3.8, 4) is 12.1 Å². The van der Waals surface area contributed by atoms with E-state index < -0.39 is 5.82 Å². The maximum absolute atomic E-state index is 13.1. The zero-order valence-electron chi connectivity index (χ0n) is 9.00. The SMILES string of the molecule is COC(Cc1cc(F)cc(Cl)c1)=C(C#N)C#N. The van der Waals surface area contributed by atoms with Crippen molar-refractivity contribution in [1.29, 1.82) is 10.5 Å². The number of benzene rings is 1. The lowest BCUT2D eigenvalue weighted by atomic mass is 10.1. The monoisotopic (exact) mass is 250 g/mol. The molecule has 0 atom stereocenters. The minimum Gasteiger partial charge on any atom is -0.499 e. The number of hydrogen-bond donors (Lipinski definition) is 0. The zero-order valence-corrected chi connectivity index (χ0v) is 9.75. The van der Waals surface area contributed by atoms with Gasteiger partial charge in [0.05, 0.1) is 7.11 Å². The van der Waals surface area contributed by atoms with Crippen LogP contribution >= 0.6 is 11.6 Å². The Labute approximate surface area is 103 Å². The smallest absolute Gasteiger partial charge is 0.167 e. The maximum atomic E-state index is 13.1. The van der Waals surface area contributed by atoms with E-state index in [1.54, 1.807) is 18.2 Å². The molecule has 0 saturated heterocycles. The van der Waals surface area contributed by atoms with E-state index in [9.17, 15) is 4.39 Å². The third-order valence-electron chi connectivity index (χ3n) is 2.04. The summed E-state index contributed by atoms with van der Waals surface area (Å²) in [6.07, 6.45) is 0.143. The van der Waals surface area contributed by atoms with Crippen LogP contribution < -0.4 is 0 Å². The molecule has 0 radical (unpaired) electrons. The van der Waals surface area contributed by atoms with E-state index in [2.05, 4.69) is 0 Å². The second kappa shape index (κ2) is 5.89. The zero-order chi connectivity index (χ0) is 12.8. The average molecular weight is 251 g/mol. The van der Waals surface area contributed by atoms with E-state index in [1.807, 2.05) is 0 Å². The lowest BCUT2D eigenvalue weighted by Gasteiger charge is -2.06. The summed E-state index contributed by atoms with van der Waals surface area (Å²) in [5, 5.41) is 17.7. The topological polar surface area (TPSA) is 56.8 Å². The van der Waals surface area contributed by atoms with Crippen LogP contribution in [0.2, 0.25) is 5.02 Å². The van der Waals surface area contributed by atoms with E-state index in [-0.39, 0.29) is 22.8 Å². The van der Waals surface area contributed by atoms with Crippen LogP contribution in [0.5, 0.6) is 0 Å². The highest BCUT2D eigenvalue weighted by Crippen LogP contribution is 2.18. The maximum Gasteiger partial charge on any atom is 0.167 e. The Morgan fingerprint density at radius 1 is 1.35 bits per heavy atom.